The van der Waals surface area contributed by atoms with Crippen LogP contribution in [0, 0.1) is 0 Å². The zero-order valence-corrected chi connectivity index (χ0v) is 12.3. The summed E-state index contributed by atoms with van der Waals surface area (Å²) in [5.74, 6) is -0.258. The fourth-order valence-corrected chi connectivity index (χ4v) is 1.88. The largest absolute Gasteiger partial charge is 0.462 e. The fraction of sp³-hybridized carbons (Fsp3) is 0.824. The topological polar surface area (TPSA) is 26.3 Å². The van der Waals surface area contributed by atoms with E-state index >= 15 is 0 Å². The molecule has 0 saturated heterocycles. The zero-order chi connectivity index (χ0) is 13.6. The number of ether oxygens (including phenoxy) is 1. The van der Waals surface area contributed by atoms with Gasteiger partial charge in [-0.15, -0.1) is 0 Å². The van der Waals surface area contributed by atoms with Gasteiger partial charge in [-0.1, -0.05) is 78.7 Å². The Morgan fingerprint density at radius 2 is 1.32 bits per heavy atom. The summed E-state index contributed by atoms with van der Waals surface area (Å²) in [4.78, 5) is 11.1. The predicted molar refractivity (Wildman–Crippen MR) is 84.3 cm³/mol. The van der Waals surface area contributed by atoms with Crippen molar-refractivity contribution in [1.29, 1.82) is 0 Å². The van der Waals surface area contributed by atoms with Gasteiger partial charge in [0.1, 0.15) is 0 Å². The summed E-state index contributed by atoms with van der Waals surface area (Å²) >= 11 is 0. The van der Waals surface area contributed by atoms with Crippen LogP contribution in [0.15, 0.2) is 12.2 Å². The molecular formula is C17H34O2. The lowest BCUT2D eigenvalue weighted by Crippen LogP contribution is -2.05. The van der Waals surface area contributed by atoms with Crippen molar-refractivity contribution < 1.29 is 9.53 Å². The maximum absolute atomic E-state index is 11.1. The van der Waals surface area contributed by atoms with Gasteiger partial charge in [-0.2, -0.15) is 0 Å². The van der Waals surface area contributed by atoms with Crippen LogP contribution in [0.4, 0.5) is 0 Å². The Labute approximate surface area is 120 Å². The molecule has 19 heavy (non-hydrogen) atoms. The van der Waals surface area contributed by atoms with E-state index in [9.17, 15) is 4.79 Å². The van der Waals surface area contributed by atoms with Crippen molar-refractivity contribution >= 4 is 5.97 Å². The lowest BCUT2D eigenvalue weighted by atomic mass is 10.1. The van der Waals surface area contributed by atoms with Crippen LogP contribution in [0.25, 0.3) is 0 Å². The van der Waals surface area contributed by atoms with Gasteiger partial charge in [0, 0.05) is 5.57 Å². The smallest absolute Gasteiger partial charge is 0.333 e. The maximum atomic E-state index is 11.1. The van der Waals surface area contributed by atoms with Gasteiger partial charge in [0.25, 0.3) is 0 Å². The highest BCUT2D eigenvalue weighted by Crippen LogP contribution is 2.10. The Balaban J connectivity index is 0. The molecule has 0 spiro atoms. The Morgan fingerprint density at radius 1 is 0.895 bits per heavy atom. The van der Waals surface area contributed by atoms with Crippen LogP contribution in [-0.4, -0.2) is 12.6 Å². The molecular weight excluding hydrogens is 236 g/mol. The Morgan fingerprint density at radius 3 is 1.74 bits per heavy atom. The summed E-state index contributed by atoms with van der Waals surface area (Å²) in [5, 5.41) is 0. The van der Waals surface area contributed by atoms with Crippen molar-refractivity contribution in [1.82, 2.24) is 0 Å². The van der Waals surface area contributed by atoms with Gasteiger partial charge >= 0.3 is 5.97 Å². The number of hydrogen-bond donors (Lipinski definition) is 0. The van der Waals surface area contributed by atoms with Crippen molar-refractivity contribution in [2.45, 2.75) is 85.5 Å². The number of carbonyl (C=O) groups is 1. The first kappa shape index (κ1) is 20.5. The van der Waals surface area contributed by atoms with Gasteiger partial charge in [-0.05, 0) is 13.3 Å². The van der Waals surface area contributed by atoms with Gasteiger partial charge < -0.3 is 4.74 Å². The molecule has 0 heterocycles. The number of rotatable bonds is 12. The van der Waals surface area contributed by atoms with E-state index in [1.54, 1.807) is 6.92 Å². The average molecular weight is 270 g/mol. The van der Waals surface area contributed by atoms with Gasteiger partial charge in [0.15, 0.2) is 0 Å². The molecule has 0 rings (SSSR count). The van der Waals surface area contributed by atoms with E-state index < -0.39 is 0 Å². The average Bonchev–Trinajstić information content (AvgIpc) is 2.35. The quantitative estimate of drug-likeness (QED) is 0.260. The van der Waals surface area contributed by atoms with Crippen molar-refractivity contribution in [2.75, 3.05) is 6.61 Å². The summed E-state index contributed by atoms with van der Waals surface area (Å²) in [7, 11) is 0. The number of unbranched alkanes of at least 4 members (excludes halogenated alkanes) is 9. The molecule has 0 unspecified atom stereocenters. The second-order valence-corrected chi connectivity index (χ2v) is 5.10. The molecule has 0 saturated carbocycles. The summed E-state index contributed by atoms with van der Waals surface area (Å²) in [6.45, 7) is 8.03. The fourth-order valence-electron chi connectivity index (χ4n) is 1.88. The molecule has 0 bridgehead atoms. The number of carbonyl (C=O) groups excluding carboxylic acids is 1. The van der Waals surface area contributed by atoms with E-state index in [4.69, 9.17) is 4.74 Å². The molecule has 0 aliphatic heterocycles. The number of esters is 1. The van der Waals surface area contributed by atoms with E-state index in [1.807, 2.05) is 0 Å². The summed E-state index contributed by atoms with van der Waals surface area (Å²) in [6, 6.07) is 0. The maximum Gasteiger partial charge on any atom is 0.333 e. The standard InChI is InChI=1S/C16H30O2.CH4/c1-4-5-6-7-8-9-10-11-12-13-14-18-16(17)15(2)3;/h2,4-14H2,1,3H3;1H4. The molecule has 0 aliphatic rings. The Hall–Kier alpha value is -0.790. The van der Waals surface area contributed by atoms with E-state index in [0.29, 0.717) is 12.2 Å². The molecule has 0 aromatic carbocycles. The second kappa shape index (κ2) is 15.3. The lowest BCUT2D eigenvalue weighted by molar-refractivity contribution is -0.139. The molecule has 2 nitrogen and oxygen atoms in total. The molecule has 0 aliphatic carbocycles. The van der Waals surface area contributed by atoms with Crippen LogP contribution < -0.4 is 0 Å². The van der Waals surface area contributed by atoms with Crippen molar-refractivity contribution in [3.05, 3.63) is 12.2 Å². The minimum absolute atomic E-state index is 0. The van der Waals surface area contributed by atoms with Gasteiger partial charge in [-0.3, -0.25) is 0 Å². The second-order valence-electron chi connectivity index (χ2n) is 5.10. The first-order valence-corrected chi connectivity index (χ1v) is 7.51. The molecule has 0 atom stereocenters. The minimum atomic E-state index is -0.258. The molecule has 0 aromatic heterocycles. The molecule has 0 radical (unpaired) electrons. The van der Waals surface area contributed by atoms with E-state index in [0.717, 1.165) is 6.42 Å². The third-order valence-corrected chi connectivity index (χ3v) is 3.08. The monoisotopic (exact) mass is 270 g/mol. The molecule has 0 amide bonds. The van der Waals surface area contributed by atoms with E-state index in [-0.39, 0.29) is 13.4 Å². The first-order chi connectivity index (χ1) is 8.68. The zero-order valence-electron chi connectivity index (χ0n) is 12.3. The molecule has 0 N–H and O–H groups in total. The van der Waals surface area contributed by atoms with E-state index in [1.165, 1.54) is 57.8 Å². The van der Waals surface area contributed by atoms with Crippen molar-refractivity contribution in [3.8, 4) is 0 Å². The molecule has 2 heteroatoms. The third kappa shape index (κ3) is 15.2. The van der Waals surface area contributed by atoms with Crippen molar-refractivity contribution in [2.24, 2.45) is 0 Å². The van der Waals surface area contributed by atoms with Gasteiger partial charge in [0.2, 0.25) is 0 Å². The summed E-state index contributed by atoms with van der Waals surface area (Å²) in [5.41, 5.74) is 0.488. The molecule has 0 fully saturated rings. The Kier molecular flexibility index (Phi) is 16.5. The van der Waals surface area contributed by atoms with Crippen LogP contribution in [0.3, 0.4) is 0 Å². The summed E-state index contributed by atoms with van der Waals surface area (Å²) in [6.07, 6.45) is 13.0. The molecule has 0 aromatic rings. The number of hydrogen-bond acceptors (Lipinski definition) is 2. The van der Waals surface area contributed by atoms with Crippen LogP contribution in [-0.2, 0) is 9.53 Å². The van der Waals surface area contributed by atoms with Crippen LogP contribution in [0.2, 0.25) is 0 Å². The van der Waals surface area contributed by atoms with Gasteiger partial charge in [0.05, 0.1) is 6.61 Å². The highest BCUT2D eigenvalue weighted by atomic mass is 16.5. The SMILES string of the molecule is C.C=C(C)C(=O)OCCCCCCCCCCCC. The lowest BCUT2D eigenvalue weighted by Gasteiger charge is -2.04. The summed E-state index contributed by atoms with van der Waals surface area (Å²) < 4.78 is 5.04. The highest BCUT2D eigenvalue weighted by Gasteiger charge is 2.01. The van der Waals surface area contributed by atoms with Crippen LogP contribution in [0.5, 0.6) is 0 Å². The van der Waals surface area contributed by atoms with E-state index in [2.05, 4.69) is 13.5 Å². The Bertz CT molecular complexity index is 221. The third-order valence-electron chi connectivity index (χ3n) is 3.08. The van der Waals surface area contributed by atoms with Gasteiger partial charge in [-0.25, -0.2) is 4.79 Å². The first-order valence-electron chi connectivity index (χ1n) is 7.51. The van der Waals surface area contributed by atoms with Crippen LogP contribution in [0.1, 0.15) is 85.5 Å². The minimum Gasteiger partial charge on any atom is -0.462 e. The van der Waals surface area contributed by atoms with Crippen molar-refractivity contribution in [3.63, 3.8) is 0 Å². The molecule has 114 valence electrons. The van der Waals surface area contributed by atoms with Crippen LogP contribution >= 0.6 is 0 Å². The normalized spacial score (nSPS) is 9.79. The highest BCUT2D eigenvalue weighted by molar-refractivity contribution is 5.86. The predicted octanol–water partition coefficient (Wildman–Crippen LogP) is 5.66.